The molecule has 0 atom stereocenters. The maximum Gasteiger partial charge on any atom is 0.387 e. The second kappa shape index (κ2) is 5.83. The average molecular weight is 255 g/mol. The lowest BCUT2D eigenvalue weighted by atomic mass is 10.0. The summed E-state index contributed by atoms with van der Waals surface area (Å²) in [7, 11) is 0. The first-order chi connectivity index (χ1) is 8.70. The number of ether oxygens (including phenoxy) is 1. The third-order valence-electron chi connectivity index (χ3n) is 3.16. The van der Waals surface area contributed by atoms with Gasteiger partial charge in [0.1, 0.15) is 17.4 Å². The van der Waals surface area contributed by atoms with Gasteiger partial charge in [0.2, 0.25) is 0 Å². The maximum atomic E-state index is 12.2. The van der Waals surface area contributed by atoms with E-state index in [1.165, 1.54) is 0 Å². The first kappa shape index (κ1) is 12.8. The fourth-order valence-corrected chi connectivity index (χ4v) is 2.26. The van der Waals surface area contributed by atoms with Crippen LogP contribution in [-0.4, -0.2) is 37.2 Å². The summed E-state index contributed by atoms with van der Waals surface area (Å²) in [6.45, 7) is -0.488. The largest absolute Gasteiger partial charge is 0.434 e. The monoisotopic (exact) mass is 255 g/mol. The van der Waals surface area contributed by atoms with Crippen molar-refractivity contribution in [3.63, 3.8) is 0 Å². The predicted molar refractivity (Wildman–Crippen MR) is 61.5 cm³/mol. The molecule has 0 saturated carbocycles. The van der Waals surface area contributed by atoms with E-state index >= 15 is 0 Å². The molecule has 0 amide bonds. The van der Waals surface area contributed by atoms with Gasteiger partial charge in [-0.2, -0.15) is 14.0 Å². The molecule has 0 spiro atoms. The Morgan fingerprint density at radius 1 is 1.44 bits per heavy atom. The quantitative estimate of drug-likeness (QED) is 0.832. The third-order valence-corrected chi connectivity index (χ3v) is 3.16. The summed E-state index contributed by atoms with van der Waals surface area (Å²) in [5.74, 6) is -0.0160. The van der Waals surface area contributed by atoms with Crippen molar-refractivity contribution in [2.75, 3.05) is 19.6 Å². The average Bonchev–Trinajstić information content (AvgIpc) is 2.39. The molecule has 2 rings (SSSR count). The zero-order valence-corrected chi connectivity index (χ0v) is 9.90. The van der Waals surface area contributed by atoms with E-state index in [2.05, 4.69) is 10.1 Å². The van der Waals surface area contributed by atoms with E-state index < -0.39 is 6.61 Å². The Hall–Kier alpha value is -1.61. The van der Waals surface area contributed by atoms with Crippen molar-refractivity contribution in [2.24, 2.45) is 0 Å². The van der Waals surface area contributed by atoms with E-state index in [-0.39, 0.29) is 11.3 Å². The second-order valence-electron chi connectivity index (χ2n) is 4.28. The number of halogens is 2. The minimum Gasteiger partial charge on any atom is -0.434 e. The molecule has 6 heteroatoms. The summed E-state index contributed by atoms with van der Waals surface area (Å²) in [6.07, 6.45) is 5.17. The molecule has 1 N–H and O–H groups in total. The summed E-state index contributed by atoms with van der Waals surface area (Å²) >= 11 is 0. The third kappa shape index (κ3) is 2.99. The number of nitrogens with zero attached hydrogens (tertiary/aromatic N) is 2. The van der Waals surface area contributed by atoms with E-state index in [4.69, 9.17) is 5.26 Å². The van der Waals surface area contributed by atoms with Crippen LogP contribution >= 0.6 is 0 Å². The van der Waals surface area contributed by atoms with Gasteiger partial charge in [0.05, 0.1) is 0 Å². The van der Waals surface area contributed by atoms with E-state index in [0.29, 0.717) is 12.6 Å². The van der Waals surface area contributed by atoms with Crippen LogP contribution in [0.3, 0.4) is 0 Å². The molecule has 1 fully saturated rings. The molecule has 0 radical (unpaired) electrons. The van der Waals surface area contributed by atoms with Crippen LogP contribution in [0.1, 0.15) is 12.8 Å². The molecule has 0 aliphatic carbocycles. The molecule has 2 aliphatic heterocycles. The van der Waals surface area contributed by atoms with Gasteiger partial charge < -0.3 is 15.0 Å². The number of hydrogen-bond donors (Lipinski definition) is 1. The van der Waals surface area contributed by atoms with Crippen molar-refractivity contribution < 1.29 is 13.5 Å². The van der Waals surface area contributed by atoms with Crippen LogP contribution in [0.2, 0.25) is 0 Å². The number of hydrogen-bond acceptors (Lipinski definition) is 4. The molecule has 0 aromatic heterocycles. The van der Waals surface area contributed by atoms with Gasteiger partial charge in [-0.3, -0.25) is 0 Å². The molecule has 0 bridgehead atoms. The van der Waals surface area contributed by atoms with Gasteiger partial charge in [0.25, 0.3) is 0 Å². The van der Waals surface area contributed by atoms with Crippen LogP contribution in [0.4, 0.5) is 8.78 Å². The van der Waals surface area contributed by atoms with E-state index in [1.54, 1.807) is 12.3 Å². The zero-order chi connectivity index (χ0) is 13.0. The van der Waals surface area contributed by atoms with Crippen molar-refractivity contribution in [3.05, 3.63) is 23.6 Å². The molecule has 98 valence electrons. The Morgan fingerprint density at radius 2 is 2.17 bits per heavy atom. The van der Waals surface area contributed by atoms with Gasteiger partial charge in [0.15, 0.2) is 0 Å². The number of nitrogens with one attached hydrogen (secondary N) is 1. The summed E-state index contributed by atoms with van der Waals surface area (Å²) in [5.41, 5.74) is 0.167. The first-order valence-corrected chi connectivity index (χ1v) is 5.94. The molecule has 0 aromatic rings. The molecule has 0 unspecified atom stereocenters. The highest BCUT2D eigenvalue weighted by Crippen LogP contribution is 2.23. The standard InChI is InChI=1S/C12H15F2N3O/c13-12(14)18-11-3-6-17(8-9(11)7-15)10-1-4-16-5-2-10/h3,8,10,12,16H,1-2,4-6H2. The molecular formula is C12H15F2N3O. The van der Waals surface area contributed by atoms with Gasteiger partial charge in [-0.05, 0) is 32.0 Å². The maximum absolute atomic E-state index is 12.2. The highest BCUT2D eigenvalue weighted by Gasteiger charge is 2.23. The van der Waals surface area contributed by atoms with Crippen LogP contribution < -0.4 is 5.32 Å². The van der Waals surface area contributed by atoms with Gasteiger partial charge in [0, 0.05) is 18.8 Å². The molecule has 1 saturated heterocycles. The summed E-state index contributed by atoms with van der Waals surface area (Å²) in [5, 5.41) is 12.2. The topological polar surface area (TPSA) is 48.3 Å². The Morgan fingerprint density at radius 3 is 2.78 bits per heavy atom. The van der Waals surface area contributed by atoms with Gasteiger partial charge >= 0.3 is 6.61 Å². The van der Waals surface area contributed by atoms with Crippen molar-refractivity contribution in [3.8, 4) is 6.07 Å². The summed E-state index contributed by atoms with van der Waals surface area (Å²) < 4.78 is 28.6. The smallest absolute Gasteiger partial charge is 0.387 e. The molecular weight excluding hydrogens is 240 g/mol. The minimum atomic E-state index is -2.89. The van der Waals surface area contributed by atoms with E-state index in [9.17, 15) is 8.78 Å². The zero-order valence-electron chi connectivity index (χ0n) is 9.90. The lowest BCUT2D eigenvalue weighted by molar-refractivity contribution is -0.0938. The lowest BCUT2D eigenvalue weighted by Gasteiger charge is -2.35. The fraction of sp³-hybridized carbons (Fsp3) is 0.583. The fourth-order valence-electron chi connectivity index (χ4n) is 2.26. The molecule has 4 nitrogen and oxygen atoms in total. The highest BCUT2D eigenvalue weighted by molar-refractivity contribution is 5.40. The highest BCUT2D eigenvalue weighted by atomic mass is 19.3. The lowest BCUT2D eigenvalue weighted by Crippen LogP contribution is -2.41. The van der Waals surface area contributed by atoms with E-state index in [1.807, 2.05) is 11.0 Å². The Balaban J connectivity index is 2.04. The molecule has 2 aliphatic rings. The summed E-state index contributed by atoms with van der Waals surface area (Å²) in [6, 6.07) is 2.27. The Bertz CT molecular complexity index is 395. The van der Waals surface area contributed by atoms with Crippen LogP contribution in [0.15, 0.2) is 23.6 Å². The van der Waals surface area contributed by atoms with Crippen molar-refractivity contribution in [1.82, 2.24) is 10.2 Å². The molecule has 18 heavy (non-hydrogen) atoms. The second-order valence-corrected chi connectivity index (χ2v) is 4.28. The SMILES string of the molecule is N#CC1=CN(C2CCNCC2)CC=C1OC(F)F. The Kier molecular flexibility index (Phi) is 4.15. The van der Waals surface area contributed by atoms with Gasteiger partial charge in [-0.25, -0.2) is 0 Å². The number of nitriles is 1. The van der Waals surface area contributed by atoms with Crippen LogP contribution in [0, 0.1) is 11.3 Å². The number of rotatable bonds is 3. The van der Waals surface area contributed by atoms with Crippen molar-refractivity contribution in [1.29, 1.82) is 5.26 Å². The van der Waals surface area contributed by atoms with Crippen molar-refractivity contribution in [2.45, 2.75) is 25.5 Å². The number of alkyl halides is 2. The van der Waals surface area contributed by atoms with Gasteiger partial charge in [-0.15, -0.1) is 0 Å². The Labute approximate surface area is 105 Å². The molecule has 0 aromatic carbocycles. The van der Waals surface area contributed by atoms with Crippen LogP contribution in [0.25, 0.3) is 0 Å². The van der Waals surface area contributed by atoms with E-state index in [0.717, 1.165) is 25.9 Å². The van der Waals surface area contributed by atoms with Crippen LogP contribution in [-0.2, 0) is 4.74 Å². The summed E-state index contributed by atoms with van der Waals surface area (Å²) in [4.78, 5) is 2.03. The number of allylic oxidation sites excluding steroid dienone is 1. The molecule has 2 heterocycles. The van der Waals surface area contributed by atoms with Crippen LogP contribution in [0.5, 0.6) is 0 Å². The van der Waals surface area contributed by atoms with Gasteiger partial charge in [-0.1, -0.05) is 0 Å². The van der Waals surface area contributed by atoms with Crippen molar-refractivity contribution >= 4 is 0 Å². The normalized spacial score (nSPS) is 21.3. The number of piperidine rings is 1. The minimum absolute atomic E-state index is 0.0160. The first-order valence-electron chi connectivity index (χ1n) is 5.94. The predicted octanol–water partition coefficient (Wildman–Crippen LogP) is 1.58.